The van der Waals surface area contributed by atoms with Crippen LogP contribution in [0.2, 0.25) is 0 Å². The van der Waals surface area contributed by atoms with Crippen molar-refractivity contribution in [2.45, 2.75) is 26.4 Å². The molecule has 4 nitrogen and oxygen atoms in total. The summed E-state index contributed by atoms with van der Waals surface area (Å²) in [6.45, 7) is 7.20. The number of benzene rings is 2. The van der Waals surface area contributed by atoms with Crippen LogP contribution in [0.1, 0.15) is 30.9 Å². The molecule has 0 unspecified atom stereocenters. The molecule has 0 atom stereocenters. The van der Waals surface area contributed by atoms with Gasteiger partial charge in [-0.05, 0) is 41.3 Å². The minimum absolute atomic E-state index is 0.530. The van der Waals surface area contributed by atoms with Gasteiger partial charge in [0, 0.05) is 7.11 Å². The van der Waals surface area contributed by atoms with Gasteiger partial charge in [-0.1, -0.05) is 38.1 Å². The molecule has 2 aromatic rings. The molecule has 0 spiro atoms. The topological polar surface area (TPSA) is 36.9 Å². The first-order valence-electron chi connectivity index (χ1n) is 8.70. The van der Waals surface area contributed by atoms with Crippen molar-refractivity contribution in [2.75, 3.05) is 33.5 Å². The third-order valence-electron chi connectivity index (χ3n) is 3.80. The summed E-state index contributed by atoms with van der Waals surface area (Å²) in [7, 11) is 1.66. The summed E-state index contributed by atoms with van der Waals surface area (Å²) in [5.74, 6) is 2.25. The lowest BCUT2D eigenvalue weighted by Gasteiger charge is -2.10. The molecule has 2 aromatic carbocycles. The quantitative estimate of drug-likeness (QED) is 0.565. The van der Waals surface area contributed by atoms with Crippen molar-refractivity contribution < 1.29 is 18.9 Å². The Hall–Kier alpha value is -2.04. The van der Waals surface area contributed by atoms with E-state index in [2.05, 4.69) is 26.0 Å². The molecule has 25 heavy (non-hydrogen) atoms. The second kappa shape index (κ2) is 10.7. The highest BCUT2D eigenvalue weighted by atomic mass is 16.5. The van der Waals surface area contributed by atoms with Crippen molar-refractivity contribution in [3.63, 3.8) is 0 Å². The Morgan fingerprint density at radius 1 is 0.720 bits per heavy atom. The van der Waals surface area contributed by atoms with Crippen molar-refractivity contribution in [2.24, 2.45) is 0 Å². The molecule has 0 heterocycles. The fourth-order valence-electron chi connectivity index (χ4n) is 2.26. The van der Waals surface area contributed by atoms with E-state index in [1.807, 2.05) is 36.4 Å². The average molecular weight is 344 g/mol. The van der Waals surface area contributed by atoms with E-state index in [1.165, 1.54) is 5.56 Å². The van der Waals surface area contributed by atoms with Crippen LogP contribution < -0.4 is 9.47 Å². The molecule has 0 amide bonds. The maximum Gasteiger partial charge on any atom is 0.119 e. The molecule has 136 valence electrons. The zero-order valence-corrected chi connectivity index (χ0v) is 15.4. The Morgan fingerprint density at radius 3 is 1.96 bits per heavy atom. The normalized spacial score (nSPS) is 10.9. The van der Waals surface area contributed by atoms with Gasteiger partial charge in [0.05, 0.1) is 19.8 Å². The number of hydrogen-bond donors (Lipinski definition) is 0. The highest BCUT2D eigenvalue weighted by molar-refractivity contribution is 5.30. The van der Waals surface area contributed by atoms with Crippen LogP contribution >= 0.6 is 0 Å². The van der Waals surface area contributed by atoms with Crippen molar-refractivity contribution in [3.05, 3.63) is 59.7 Å². The summed E-state index contributed by atoms with van der Waals surface area (Å²) in [5.41, 5.74) is 2.43. The van der Waals surface area contributed by atoms with E-state index >= 15 is 0 Å². The number of hydrogen-bond acceptors (Lipinski definition) is 4. The van der Waals surface area contributed by atoms with Crippen LogP contribution in [0, 0.1) is 0 Å². The van der Waals surface area contributed by atoms with Gasteiger partial charge in [-0.15, -0.1) is 0 Å². The van der Waals surface area contributed by atoms with Crippen LogP contribution in [0.15, 0.2) is 48.5 Å². The second-order valence-electron chi connectivity index (χ2n) is 6.11. The summed E-state index contributed by atoms with van der Waals surface area (Å²) in [4.78, 5) is 0. The molecular weight excluding hydrogens is 316 g/mol. The number of methoxy groups -OCH3 is 1. The third-order valence-corrected chi connectivity index (χ3v) is 3.80. The van der Waals surface area contributed by atoms with E-state index in [-0.39, 0.29) is 0 Å². The lowest BCUT2D eigenvalue weighted by Crippen LogP contribution is -2.10. The van der Waals surface area contributed by atoms with Crippen LogP contribution in [0.25, 0.3) is 0 Å². The van der Waals surface area contributed by atoms with Crippen molar-refractivity contribution >= 4 is 0 Å². The lowest BCUT2D eigenvalue weighted by molar-refractivity contribution is 0.0544. The minimum Gasteiger partial charge on any atom is -0.491 e. The van der Waals surface area contributed by atoms with Crippen LogP contribution in [0.5, 0.6) is 11.5 Å². The Kier molecular flexibility index (Phi) is 8.29. The largest absolute Gasteiger partial charge is 0.491 e. The van der Waals surface area contributed by atoms with Crippen LogP contribution in [-0.2, 0) is 16.1 Å². The summed E-state index contributed by atoms with van der Waals surface area (Å²) >= 11 is 0. The first kappa shape index (κ1) is 19.3. The number of rotatable bonds is 11. The van der Waals surface area contributed by atoms with E-state index in [1.54, 1.807) is 7.11 Å². The molecule has 0 bridgehead atoms. The van der Waals surface area contributed by atoms with Gasteiger partial charge in [0.25, 0.3) is 0 Å². The Labute approximate surface area is 150 Å². The summed E-state index contributed by atoms with van der Waals surface area (Å²) < 4.78 is 21.7. The van der Waals surface area contributed by atoms with E-state index in [0.29, 0.717) is 39.0 Å². The minimum atomic E-state index is 0.530. The smallest absolute Gasteiger partial charge is 0.119 e. The predicted octanol–water partition coefficient (Wildman–Crippen LogP) is 4.43. The first-order valence-corrected chi connectivity index (χ1v) is 8.70. The van der Waals surface area contributed by atoms with Gasteiger partial charge in [-0.25, -0.2) is 0 Å². The molecule has 0 N–H and O–H groups in total. The molecule has 4 heteroatoms. The standard InChI is InChI=1S/C21H28O4/c1-17(2)19-6-10-21(11-7-19)25-16-18-4-8-20(9-5-18)24-15-14-23-13-12-22-3/h4-11,17H,12-16H2,1-3H3. The molecule has 0 aliphatic rings. The molecule has 0 saturated carbocycles. The zero-order valence-electron chi connectivity index (χ0n) is 15.4. The van der Waals surface area contributed by atoms with Gasteiger partial charge in [-0.3, -0.25) is 0 Å². The van der Waals surface area contributed by atoms with Crippen LogP contribution in [-0.4, -0.2) is 33.5 Å². The van der Waals surface area contributed by atoms with E-state index in [9.17, 15) is 0 Å². The van der Waals surface area contributed by atoms with Gasteiger partial charge in [0.15, 0.2) is 0 Å². The molecule has 0 aliphatic heterocycles. The maximum atomic E-state index is 5.83. The van der Waals surface area contributed by atoms with Gasteiger partial charge >= 0.3 is 0 Å². The van der Waals surface area contributed by atoms with E-state index < -0.39 is 0 Å². The predicted molar refractivity (Wildman–Crippen MR) is 99.5 cm³/mol. The van der Waals surface area contributed by atoms with Gasteiger partial charge < -0.3 is 18.9 Å². The SMILES string of the molecule is COCCOCCOc1ccc(COc2ccc(C(C)C)cc2)cc1. The highest BCUT2D eigenvalue weighted by Gasteiger charge is 2.01. The van der Waals surface area contributed by atoms with E-state index in [4.69, 9.17) is 18.9 Å². The molecular formula is C21H28O4. The lowest BCUT2D eigenvalue weighted by atomic mass is 10.0. The van der Waals surface area contributed by atoms with Gasteiger partial charge in [0.2, 0.25) is 0 Å². The monoisotopic (exact) mass is 344 g/mol. The summed E-state index contributed by atoms with van der Waals surface area (Å²) in [6, 6.07) is 16.2. The van der Waals surface area contributed by atoms with E-state index in [0.717, 1.165) is 17.1 Å². The molecule has 0 aromatic heterocycles. The van der Waals surface area contributed by atoms with Gasteiger partial charge in [0.1, 0.15) is 24.7 Å². The fourth-order valence-corrected chi connectivity index (χ4v) is 2.26. The number of ether oxygens (including phenoxy) is 4. The second-order valence-corrected chi connectivity index (χ2v) is 6.11. The summed E-state index contributed by atoms with van der Waals surface area (Å²) in [6.07, 6.45) is 0. The Bertz CT molecular complexity index is 590. The fraction of sp³-hybridized carbons (Fsp3) is 0.429. The van der Waals surface area contributed by atoms with Crippen molar-refractivity contribution in [3.8, 4) is 11.5 Å². The maximum absolute atomic E-state index is 5.83. The summed E-state index contributed by atoms with van der Waals surface area (Å²) in [5, 5.41) is 0. The molecule has 0 fully saturated rings. The van der Waals surface area contributed by atoms with Crippen molar-refractivity contribution in [1.29, 1.82) is 0 Å². The molecule has 0 radical (unpaired) electrons. The van der Waals surface area contributed by atoms with Crippen LogP contribution in [0.3, 0.4) is 0 Å². The zero-order chi connectivity index (χ0) is 17.9. The first-order chi connectivity index (χ1) is 12.2. The van der Waals surface area contributed by atoms with Crippen molar-refractivity contribution in [1.82, 2.24) is 0 Å². The Morgan fingerprint density at radius 2 is 1.32 bits per heavy atom. The highest BCUT2D eigenvalue weighted by Crippen LogP contribution is 2.20. The van der Waals surface area contributed by atoms with Crippen LogP contribution in [0.4, 0.5) is 0 Å². The molecule has 2 rings (SSSR count). The average Bonchev–Trinajstić information content (AvgIpc) is 2.64. The third kappa shape index (κ3) is 7.16. The molecule has 0 aliphatic carbocycles. The Balaban J connectivity index is 1.71. The molecule has 0 saturated heterocycles. The van der Waals surface area contributed by atoms with Gasteiger partial charge in [-0.2, -0.15) is 0 Å².